The van der Waals surface area contributed by atoms with Gasteiger partial charge in [0.05, 0.1) is 13.2 Å². The summed E-state index contributed by atoms with van der Waals surface area (Å²) >= 11 is 0. The van der Waals surface area contributed by atoms with Crippen molar-refractivity contribution in [2.75, 3.05) is 19.8 Å². The zero-order chi connectivity index (χ0) is 48.7. The number of hydrogen-bond acceptors (Lipinski definition) is 17. The highest BCUT2D eigenvalue weighted by Crippen LogP contribution is 2.48. The van der Waals surface area contributed by atoms with E-state index in [1.807, 2.05) is 0 Å². The van der Waals surface area contributed by atoms with Gasteiger partial charge in [-0.3, -0.25) is 18.6 Å². The molecule has 13 atom stereocenters. The van der Waals surface area contributed by atoms with E-state index in [1.54, 1.807) is 0 Å². The lowest BCUT2D eigenvalue weighted by Gasteiger charge is -2.47. The normalized spacial score (nSPS) is 28.2. The van der Waals surface area contributed by atoms with Gasteiger partial charge in [-0.2, -0.15) is 0 Å². The molecule has 2 fully saturated rings. The van der Waals surface area contributed by atoms with Crippen LogP contribution in [0.2, 0.25) is 0 Å². The van der Waals surface area contributed by atoms with Gasteiger partial charge in [-0.05, 0) is 12.8 Å². The molecule has 9 N–H and O–H groups in total. The largest absolute Gasteiger partial charge is 0.472 e. The molecule has 0 aromatic carbocycles. The van der Waals surface area contributed by atoms with Gasteiger partial charge >= 0.3 is 19.8 Å². The van der Waals surface area contributed by atoms with Crippen LogP contribution in [-0.2, 0) is 42.1 Å². The van der Waals surface area contributed by atoms with Crippen LogP contribution in [0.25, 0.3) is 0 Å². The lowest BCUT2D eigenvalue weighted by molar-refractivity contribution is -0.338. The molecule has 0 spiro atoms. The Morgan fingerprint density at radius 3 is 1.35 bits per heavy atom. The molecule has 0 aromatic heterocycles. The van der Waals surface area contributed by atoms with E-state index in [4.69, 9.17) is 28.0 Å². The summed E-state index contributed by atoms with van der Waals surface area (Å²) in [7, 11) is -5.37. The molecule has 0 aromatic rings. The number of rotatable bonds is 39. The van der Waals surface area contributed by atoms with Gasteiger partial charge in [0.1, 0.15) is 67.6 Å². The number of hydrogen-bond donors (Lipinski definition) is 9. The molecule has 2 aliphatic rings. The summed E-state index contributed by atoms with van der Waals surface area (Å²) in [5, 5.41) is 82.9. The van der Waals surface area contributed by atoms with E-state index in [0.717, 1.165) is 51.4 Å². The molecule has 0 bridgehead atoms. The minimum absolute atomic E-state index is 0.0395. The number of unbranched alkanes of at least 4 members (excludes halogenated alkanes) is 24. The van der Waals surface area contributed by atoms with Gasteiger partial charge in [0.15, 0.2) is 12.4 Å². The van der Waals surface area contributed by atoms with Gasteiger partial charge in [0.2, 0.25) is 0 Å². The first-order valence-corrected chi connectivity index (χ1v) is 26.9. The SMILES string of the molecule is CCCCCCCCCCCCCCCC(=O)OC[C@@H](COP(=O)(O)O[C@H]1[C@@H](O)[C@H](O)[C@@H](O)[C@H](O)[C@H]1O[C@H]1O[C@H](CO)[C@@H](O)[C@H](O)[C@@H]1O)OC(=O)CCCCCCCCCCCCCCC. The van der Waals surface area contributed by atoms with Crippen molar-refractivity contribution in [1.29, 1.82) is 0 Å². The number of ether oxygens (including phenoxy) is 4. The fourth-order valence-corrected chi connectivity index (χ4v) is 9.32. The first-order chi connectivity index (χ1) is 31.7. The smallest absolute Gasteiger partial charge is 0.462 e. The first-order valence-electron chi connectivity index (χ1n) is 25.4. The predicted octanol–water partition coefficient (Wildman–Crippen LogP) is 5.55. The third kappa shape index (κ3) is 24.5. The summed E-state index contributed by atoms with van der Waals surface area (Å²) in [5.74, 6) is -1.21. The summed E-state index contributed by atoms with van der Waals surface area (Å²) in [4.78, 5) is 36.5. The van der Waals surface area contributed by atoms with Crippen molar-refractivity contribution in [3.05, 3.63) is 0 Å². The van der Waals surface area contributed by atoms with Crippen LogP contribution in [-0.4, -0.2) is 151 Å². The van der Waals surface area contributed by atoms with Gasteiger partial charge in [-0.1, -0.05) is 168 Å². The minimum Gasteiger partial charge on any atom is -0.462 e. The highest BCUT2D eigenvalue weighted by Gasteiger charge is 2.55. The van der Waals surface area contributed by atoms with Crippen molar-refractivity contribution in [2.45, 2.75) is 267 Å². The van der Waals surface area contributed by atoms with Gasteiger partial charge in [-0.25, -0.2) is 4.57 Å². The molecule has 390 valence electrons. The summed E-state index contributed by atoms with van der Waals surface area (Å²) in [6, 6.07) is 0. The molecule has 1 aliphatic heterocycles. The Morgan fingerprint density at radius 1 is 0.515 bits per heavy atom. The molecule has 1 saturated heterocycles. The summed E-state index contributed by atoms with van der Waals surface area (Å²) in [5.41, 5.74) is 0. The number of aliphatic hydroxyl groups is 8. The average molecular weight is 973 g/mol. The van der Waals surface area contributed by atoms with Crippen molar-refractivity contribution in [1.82, 2.24) is 0 Å². The zero-order valence-electron chi connectivity index (χ0n) is 40.0. The third-order valence-electron chi connectivity index (χ3n) is 12.6. The number of carbonyl (C=O) groups is 2. The second-order valence-corrected chi connectivity index (χ2v) is 19.8. The van der Waals surface area contributed by atoms with E-state index in [2.05, 4.69) is 13.8 Å². The van der Waals surface area contributed by atoms with Crippen LogP contribution >= 0.6 is 7.82 Å². The molecule has 1 heterocycles. The van der Waals surface area contributed by atoms with E-state index in [-0.39, 0.29) is 12.8 Å². The Balaban J connectivity index is 1.95. The van der Waals surface area contributed by atoms with Crippen molar-refractivity contribution in [2.24, 2.45) is 0 Å². The highest BCUT2D eigenvalue weighted by molar-refractivity contribution is 7.47. The van der Waals surface area contributed by atoms with E-state index in [9.17, 15) is 59.9 Å². The maximum absolute atomic E-state index is 13.4. The first kappa shape index (κ1) is 60.8. The standard InChI is InChI=1S/C47H89O18P/c1-3-5-7-9-11-13-15-17-19-21-23-25-27-29-36(49)60-32-34(62-37(50)30-28-26-24-22-20-18-16-14-12-10-8-6-4-2)33-61-66(58,59)65-46-43(56)41(54)40(53)42(55)45(46)64-47-44(57)39(52)38(51)35(31-48)63-47/h34-35,38-48,51-57H,3-33H2,1-2H3,(H,58,59)/t34-,35+,38+,39-,40+,41+,42-,43-,44-,45+,46-,47+/m0/s1. The Bertz CT molecular complexity index is 1300. The van der Waals surface area contributed by atoms with Crippen LogP contribution in [0.3, 0.4) is 0 Å². The van der Waals surface area contributed by atoms with Gasteiger partial charge in [0.25, 0.3) is 0 Å². The van der Waals surface area contributed by atoms with E-state index < -0.39 is 113 Å². The topological polar surface area (TPSA) is 289 Å². The molecule has 0 amide bonds. The summed E-state index contributed by atoms with van der Waals surface area (Å²) in [6.07, 6.45) is 6.17. The van der Waals surface area contributed by atoms with E-state index in [1.165, 1.54) is 103 Å². The Labute approximate surface area is 393 Å². The fraction of sp³-hybridized carbons (Fsp3) is 0.957. The molecule has 1 saturated carbocycles. The molecule has 1 unspecified atom stereocenters. The number of aliphatic hydroxyl groups excluding tert-OH is 8. The minimum atomic E-state index is -5.37. The quantitative estimate of drug-likeness (QED) is 0.0207. The van der Waals surface area contributed by atoms with Crippen LogP contribution < -0.4 is 0 Å². The van der Waals surface area contributed by atoms with Crippen molar-refractivity contribution < 1.29 is 87.9 Å². The lowest BCUT2D eigenvalue weighted by Crippen LogP contribution is -2.67. The predicted molar refractivity (Wildman–Crippen MR) is 245 cm³/mol. The van der Waals surface area contributed by atoms with Gasteiger partial charge < -0.3 is 64.7 Å². The Kier molecular flexibility index (Phi) is 32.9. The second kappa shape index (κ2) is 35.7. The molecule has 2 rings (SSSR count). The van der Waals surface area contributed by atoms with Gasteiger partial charge in [0, 0.05) is 12.8 Å². The van der Waals surface area contributed by atoms with Crippen molar-refractivity contribution in [3.8, 4) is 0 Å². The highest BCUT2D eigenvalue weighted by atomic mass is 31.2. The zero-order valence-corrected chi connectivity index (χ0v) is 40.9. The molecule has 0 radical (unpaired) electrons. The second-order valence-electron chi connectivity index (χ2n) is 18.4. The molecule has 18 nitrogen and oxygen atoms in total. The van der Waals surface area contributed by atoms with E-state index in [0.29, 0.717) is 12.8 Å². The van der Waals surface area contributed by atoms with Gasteiger partial charge in [-0.15, -0.1) is 0 Å². The molecule has 19 heteroatoms. The maximum Gasteiger partial charge on any atom is 0.472 e. The molecular weight excluding hydrogens is 883 g/mol. The fourth-order valence-electron chi connectivity index (χ4n) is 8.35. The third-order valence-corrected chi connectivity index (χ3v) is 13.5. The van der Waals surface area contributed by atoms with Crippen molar-refractivity contribution >= 4 is 19.8 Å². The number of phosphoric ester groups is 1. The summed E-state index contributed by atoms with van der Waals surface area (Å²) < 4.78 is 45.4. The monoisotopic (exact) mass is 973 g/mol. The number of esters is 2. The van der Waals surface area contributed by atoms with Crippen LogP contribution in [0, 0.1) is 0 Å². The Morgan fingerprint density at radius 2 is 0.909 bits per heavy atom. The Hall–Kier alpha value is -1.35. The lowest BCUT2D eigenvalue weighted by atomic mass is 9.84. The van der Waals surface area contributed by atoms with E-state index >= 15 is 0 Å². The molecular formula is C47H89O18P. The number of phosphoric acid groups is 1. The van der Waals surface area contributed by atoms with Crippen molar-refractivity contribution in [3.63, 3.8) is 0 Å². The number of carbonyl (C=O) groups excluding carboxylic acids is 2. The van der Waals surface area contributed by atoms with Crippen LogP contribution in [0.1, 0.15) is 194 Å². The van der Waals surface area contributed by atoms with Crippen LogP contribution in [0.15, 0.2) is 0 Å². The summed E-state index contributed by atoms with van der Waals surface area (Å²) in [6.45, 7) is 2.23. The maximum atomic E-state index is 13.4. The average Bonchev–Trinajstić information content (AvgIpc) is 3.29. The van der Waals surface area contributed by atoms with Crippen LogP contribution in [0.5, 0.6) is 0 Å². The molecule has 66 heavy (non-hydrogen) atoms. The van der Waals surface area contributed by atoms with Crippen LogP contribution in [0.4, 0.5) is 0 Å². The molecule has 1 aliphatic carbocycles.